The van der Waals surface area contributed by atoms with Gasteiger partial charge in [0, 0.05) is 17.4 Å². The molecule has 7 nitrogen and oxygen atoms in total. The van der Waals surface area contributed by atoms with E-state index in [1.165, 1.54) is 17.2 Å². The lowest BCUT2D eigenvalue weighted by atomic mass is 10.1. The van der Waals surface area contributed by atoms with Crippen LogP contribution in [0.2, 0.25) is 0 Å². The minimum absolute atomic E-state index is 0.236. The Hall–Kier alpha value is -3.60. The van der Waals surface area contributed by atoms with Crippen molar-refractivity contribution in [3.05, 3.63) is 66.4 Å². The first-order valence-electron chi connectivity index (χ1n) is 9.98. The Morgan fingerprint density at radius 1 is 1.15 bits per heavy atom. The second-order valence-electron chi connectivity index (χ2n) is 7.46. The van der Waals surface area contributed by atoms with Crippen molar-refractivity contribution < 1.29 is 27.1 Å². The van der Waals surface area contributed by atoms with Crippen molar-refractivity contribution in [2.24, 2.45) is 0 Å². The smallest absolute Gasteiger partial charge is 0.364 e. The molecule has 2 atom stereocenters. The van der Waals surface area contributed by atoms with E-state index in [2.05, 4.69) is 20.3 Å². The molecule has 1 amide bonds. The van der Waals surface area contributed by atoms with E-state index >= 15 is 0 Å². The fraction of sp³-hybridized carbons (Fsp3) is 0.273. The summed E-state index contributed by atoms with van der Waals surface area (Å²) in [7, 11) is 0. The van der Waals surface area contributed by atoms with Gasteiger partial charge < -0.3 is 15.0 Å². The number of morpholine rings is 1. The van der Waals surface area contributed by atoms with Crippen molar-refractivity contribution in [2.75, 3.05) is 23.4 Å². The fourth-order valence-corrected chi connectivity index (χ4v) is 3.47. The molecule has 0 aliphatic carbocycles. The molecular weight excluding hydrogens is 442 g/mol. The van der Waals surface area contributed by atoms with Gasteiger partial charge in [0.15, 0.2) is 17.7 Å². The molecule has 1 aliphatic rings. The van der Waals surface area contributed by atoms with Gasteiger partial charge in [-0.15, -0.1) is 0 Å². The number of hydrogen-bond donors (Lipinski definition) is 1. The van der Waals surface area contributed by atoms with Crippen LogP contribution in [-0.2, 0) is 9.53 Å². The van der Waals surface area contributed by atoms with Crippen LogP contribution in [-0.4, -0.2) is 52.3 Å². The van der Waals surface area contributed by atoms with Crippen LogP contribution in [0.1, 0.15) is 5.56 Å². The van der Waals surface area contributed by atoms with Gasteiger partial charge in [0.05, 0.1) is 25.5 Å². The van der Waals surface area contributed by atoms with Crippen LogP contribution >= 0.6 is 0 Å². The molecule has 1 aromatic carbocycles. The number of hydrogen-bond acceptors (Lipinski definition) is 6. The van der Waals surface area contributed by atoms with Crippen LogP contribution in [0.25, 0.3) is 11.4 Å². The molecule has 33 heavy (non-hydrogen) atoms. The van der Waals surface area contributed by atoms with Crippen molar-refractivity contribution >= 4 is 17.4 Å². The van der Waals surface area contributed by atoms with E-state index in [0.29, 0.717) is 11.3 Å². The number of benzene rings is 1. The van der Waals surface area contributed by atoms with E-state index in [4.69, 9.17) is 4.74 Å². The summed E-state index contributed by atoms with van der Waals surface area (Å²) in [5.41, 5.74) is 1.75. The summed E-state index contributed by atoms with van der Waals surface area (Å²) >= 11 is 0. The number of carbonyl (C=O) groups excluding carboxylic acids is 1. The monoisotopic (exact) mass is 461 g/mol. The second-order valence-corrected chi connectivity index (χ2v) is 7.46. The zero-order valence-electron chi connectivity index (χ0n) is 17.4. The molecule has 0 saturated carbocycles. The largest absolute Gasteiger partial charge is 0.416 e. The van der Waals surface area contributed by atoms with Crippen LogP contribution in [0.3, 0.4) is 0 Å². The van der Waals surface area contributed by atoms with Crippen molar-refractivity contribution in [3.8, 4) is 11.4 Å². The molecule has 0 bridgehead atoms. The SMILES string of the molecule is Cc1ccc(NC(=O)C2COC(C(F)(F)F)CN2c2ccccn2)cc1-c1ncc(F)cn1. The molecule has 4 rings (SSSR count). The molecule has 2 aromatic heterocycles. The molecule has 172 valence electrons. The van der Waals surface area contributed by atoms with Gasteiger partial charge in [0.2, 0.25) is 5.91 Å². The molecule has 1 N–H and O–H groups in total. The van der Waals surface area contributed by atoms with E-state index in [9.17, 15) is 22.4 Å². The van der Waals surface area contributed by atoms with E-state index in [1.807, 2.05) is 6.92 Å². The highest BCUT2D eigenvalue weighted by atomic mass is 19.4. The topological polar surface area (TPSA) is 80.2 Å². The van der Waals surface area contributed by atoms with Crippen LogP contribution in [0.5, 0.6) is 0 Å². The molecule has 3 aromatic rings. The third-order valence-corrected chi connectivity index (χ3v) is 5.17. The number of nitrogens with one attached hydrogen (secondary N) is 1. The standard InChI is InChI=1S/C22H19F4N5O2/c1-13-5-6-15(8-16(13)20-28-9-14(23)10-29-20)30-21(32)17-12-33-18(22(24,25)26)11-31(17)19-4-2-3-7-27-19/h2-10,17-18H,11-12H2,1H3,(H,30,32). The summed E-state index contributed by atoms with van der Waals surface area (Å²) in [6.07, 6.45) is -3.10. The maximum atomic E-state index is 13.3. The second kappa shape index (κ2) is 9.10. The Balaban J connectivity index is 1.58. The number of halogens is 4. The molecular formula is C22H19F4N5O2. The molecule has 1 aliphatic heterocycles. The number of alkyl halides is 3. The van der Waals surface area contributed by atoms with Gasteiger partial charge in [-0.25, -0.2) is 19.3 Å². The summed E-state index contributed by atoms with van der Waals surface area (Å²) in [6, 6.07) is 8.75. The van der Waals surface area contributed by atoms with Gasteiger partial charge in [0.1, 0.15) is 11.9 Å². The summed E-state index contributed by atoms with van der Waals surface area (Å²) in [5, 5.41) is 2.71. The first-order valence-corrected chi connectivity index (χ1v) is 9.98. The lowest BCUT2D eigenvalue weighted by molar-refractivity contribution is -0.224. The number of aromatic nitrogens is 3. The first-order chi connectivity index (χ1) is 15.7. The van der Waals surface area contributed by atoms with E-state index in [0.717, 1.165) is 18.0 Å². The Morgan fingerprint density at radius 2 is 1.91 bits per heavy atom. The maximum Gasteiger partial charge on any atom is 0.416 e. The molecule has 0 radical (unpaired) electrons. The Morgan fingerprint density at radius 3 is 2.58 bits per heavy atom. The average Bonchev–Trinajstić information content (AvgIpc) is 2.80. The quantitative estimate of drug-likeness (QED) is 0.596. The van der Waals surface area contributed by atoms with Gasteiger partial charge in [-0.3, -0.25) is 4.79 Å². The maximum absolute atomic E-state index is 13.3. The van der Waals surface area contributed by atoms with Gasteiger partial charge in [-0.1, -0.05) is 12.1 Å². The zero-order valence-corrected chi connectivity index (χ0v) is 17.4. The summed E-state index contributed by atoms with van der Waals surface area (Å²) < 4.78 is 57.9. The molecule has 2 unspecified atom stereocenters. The molecule has 1 saturated heterocycles. The van der Waals surface area contributed by atoms with Crippen LogP contribution in [0.4, 0.5) is 29.1 Å². The molecule has 0 spiro atoms. The molecule has 3 heterocycles. The number of anilines is 2. The predicted octanol–water partition coefficient (Wildman–Crippen LogP) is 3.76. The van der Waals surface area contributed by atoms with Crippen LogP contribution in [0.15, 0.2) is 55.0 Å². The fourth-order valence-electron chi connectivity index (χ4n) is 3.47. The van der Waals surface area contributed by atoms with Gasteiger partial charge >= 0.3 is 6.18 Å². The number of amides is 1. The Bertz CT molecular complexity index is 1130. The average molecular weight is 461 g/mol. The third kappa shape index (κ3) is 5.08. The van der Waals surface area contributed by atoms with Crippen LogP contribution in [0, 0.1) is 12.7 Å². The van der Waals surface area contributed by atoms with Crippen LogP contribution < -0.4 is 10.2 Å². The third-order valence-electron chi connectivity index (χ3n) is 5.17. The lowest BCUT2D eigenvalue weighted by Gasteiger charge is -2.39. The number of rotatable bonds is 4. The minimum atomic E-state index is -4.57. The molecule has 1 fully saturated rings. The lowest BCUT2D eigenvalue weighted by Crippen LogP contribution is -2.58. The number of nitrogens with zero attached hydrogens (tertiary/aromatic N) is 4. The number of pyridine rings is 1. The highest BCUT2D eigenvalue weighted by Crippen LogP contribution is 2.30. The van der Waals surface area contributed by atoms with Gasteiger partial charge in [0.25, 0.3) is 0 Å². The van der Waals surface area contributed by atoms with Gasteiger partial charge in [-0.2, -0.15) is 13.2 Å². The Labute approximate surface area is 186 Å². The normalized spacial score (nSPS) is 18.8. The number of carbonyl (C=O) groups is 1. The van der Waals surface area contributed by atoms with E-state index < -0.39 is 43.2 Å². The Kier molecular flexibility index (Phi) is 6.23. The predicted molar refractivity (Wildman–Crippen MR) is 112 cm³/mol. The van der Waals surface area contributed by atoms with Crippen molar-refractivity contribution in [1.82, 2.24) is 15.0 Å². The zero-order chi connectivity index (χ0) is 23.6. The first kappa shape index (κ1) is 22.6. The summed E-state index contributed by atoms with van der Waals surface area (Å²) in [5.74, 6) is -0.630. The number of ether oxygens (including phenoxy) is 1. The van der Waals surface area contributed by atoms with Crippen molar-refractivity contribution in [1.29, 1.82) is 0 Å². The minimum Gasteiger partial charge on any atom is -0.364 e. The highest BCUT2D eigenvalue weighted by Gasteiger charge is 2.47. The van der Waals surface area contributed by atoms with Crippen molar-refractivity contribution in [2.45, 2.75) is 25.2 Å². The van der Waals surface area contributed by atoms with Crippen molar-refractivity contribution in [3.63, 3.8) is 0 Å². The number of aryl methyl sites for hydroxylation is 1. The summed E-state index contributed by atoms with van der Waals surface area (Å²) in [4.78, 5) is 26.4. The van der Waals surface area contributed by atoms with Gasteiger partial charge in [-0.05, 0) is 36.8 Å². The van der Waals surface area contributed by atoms with E-state index in [-0.39, 0.29) is 11.6 Å². The highest BCUT2D eigenvalue weighted by molar-refractivity contribution is 5.97. The molecule has 11 heteroatoms. The van der Waals surface area contributed by atoms with E-state index in [1.54, 1.807) is 30.3 Å². The summed E-state index contributed by atoms with van der Waals surface area (Å²) in [6.45, 7) is 0.774.